The topological polar surface area (TPSA) is 3.24 Å². The van der Waals surface area contributed by atoms with Gasteiger partial charge in [-0.3, -0.25) is 0 Å². The van der Waals surface area contributed by atoms with Gasteiger partial charge in [0.05, 0.1) is 0 Å². The molecule has 0 saturated carbocycles. The Morgan fingerprint density at radius 2 is 1.15 bits per heavy atom. The van der Waals surface area contributed by atoms with Crippen molar-refractivity contribution in [3.05, 3.63) is 139 Å². The number of hydrogen-bond donors (Lipinski definition) is 0. The van der Waals surface area contributed by atoms with E-state index >= 15 is 0 Å². The Bertz CT molecular complexity index is 1990. The highest BCUT2D eigenvalue weighted by Gasteiger charge is 2.39. The van der Waals surface area contributed by atoms with Crippen molar-refractivity contribution in [2.24, 2.45) is 0 Å². The molecule has 1 aliphatic carbocycles. The van der Waals surface area contributed by atoms with Gasteiger partial charge in [-0.2, -0.15) is 0 Å². The first-order valence-corrected chi connectivity index (χ1v) is 14.4. The summed E-state index contributed by atoms with van der Waals surface area (Å²) in [6.07, 6.45) is 0. The maximum absolute atomic E-state index is 2.44. The predicted octanol–water partition coefficient (Wildman–Crippen LogP) is 11.0. The number of benzene rings is 6. The number of fused-ring (bicyclic) bond motifs is 10. The highest BCUT2D eigenvalue weighted by Crippen LogP contribution is 2.57. The highest BCUT2D eigenvalue weighted by molar-refractivity contribution is 7.26. The summed E-state index contributed by atoms with van der Waals surface area (Å²) in [5.41, 5.74) is 8.97. The van der Waals surface area contributed by atoms with E-state index in [2.05, 4.69) is 146 Å². The molecule has 0 N–H and O–H groups in total. The molecule has 7 aromatic rings. The SMILES string of the molecule is CC1(C)c2cc(N(c3ccccc3)c3ccccc3)ccc2-c2c1c1c3ccccc3sc1c1ccccc21. The van der Waals surface area contributed by atoms with E-state index in [1.165, 1.54) is 58.9 Å². The molecule has 39 heavy (non-hydrogen) atoms. The Morgan fingerprint density at radius 1 is 0.564 bits per heavy atom. The number of thiophene rings is 1. The van der Waals surface area contributed by atoms with Crippen LogP contribution in [0.5, 0.6) is 0 Å². The fourth-order valence-electron chi connectivity index (χ4n) is 6.69. The first kappa shape index (κ1) is 22.6. The molecule has 1 aromatic heterocycles. The highest BCUT2D eigenvalue weighted by atomic mass is 32.1. The van der Waals surface area contributed by atoms with Crippen LogP contribution < -0.4 is 4.90 Å². The number of para-hydroxylation sites is 2. The second-order valence-electron chi connectivity index (χ2n) is 11.0. The van der Waals surface area contributed by atoms with Crippen molar-refractivity contribution in [3.8, 4) is 11.1 Å². The lowest BCUT2D eigenvalue weighted by Crippen LogP contribution is -2.17. The number of anilines is 3. The lowest BCUT2D eigenvalue weighted by Gasteiger charge is -2.28. The predicted molar refractivity (Wildman–Crippen MR) is 169 cm³/mol. The van der Waals surface area contributed by atoms with Crippen molar-refractivity contribution in [3.63, 3.8) is 0 Å². The smallest absolute Gasteiger partial charge is 0.0465 e. The van der Waals surface area contributed by atoms with E-state index in [0.717, 1.165) is 11.4 Å². The molecule has 0 saturated heterocycles. The maximum atomic E-state index is 2.44. The fraction of sp³-hybridized carbons (Fsp3) is 0.0811. The zero-order chi connectivity index (χ0) is 26.1. The molecule has 0 fully saturated rings. The third-order valence-electron chi connectivity index (χ3n) is 8.39. The molecule has 6 aromatic carbocycles. The minimum atomic E-state index is -0.147. The third-order valence-corrected chi connectivity index (χ3v) is 9.60. The first-order chi connectivity index (χ1) is 19.1. The molecular weight excluding hydrogens is 490 g/mol. The molecule has 0 unspecified atom stereocenters. The molecule has 1 aliphatic rings. The Morgan fingerprint density at radius 3 is 1.85 bits per heavy atom. The summed E-state index contributed by atoms with van der Waals surface area (Å²) in [7, 11) is 0. The second-order valence-corrected chi connectivity index (χ2v) is 12.0. The zero-order valence-corrected chi connectivity index (χ0v) is 22.8. The van der Waals surface area contributed by atoms with Crippen LogP contribution in [0.25, 0.3) is 42.1 Å². The normalized spacial score (nSPS) is 13.6. The molecule has 186 valence electrons. The second kappa shape index (κ2) is 8.30. The van der Waals surface area contributed by atoms with Crippen LogP contribution in [0.15, 0.2) is 127 Å². The minimum Gasteiger partial charge on any atom is -0.310 e. The third kappa shape index (κ3) is 3.19. The van der Waals surface area contributed by atoms with Gasteiger partial charge in [0.15, 0.2) is 0 Å². The van der Waals surface area contributed by atoms with E-state index in [0.29, 0.717) is 0 Å². The van der Waals surface area contributed by atoms with Gasteiger partial charge in [-0.15, -0.1) is 11.3 Å². The summed E-state index contributed by atoms with van der Waals surface area (Å²) in [6, 6.07) is 46.4. The molecular formula is C37H27NS. The van der Waals surface area contributed by atoms with Gasteiger partial charge in [-0.05, 0) is 70.1 Å². The average Bonchev–Trinajstić information content (AvgIpc) is 3.47. The van der Waals surface area contributed by atoms with Crippen molar-refractivity contribution < 1.29 is 0 Å². The summed E-state index contributed by atoms with van der Waals surface area (Å²) in [5.74, 6) is 0. The number of rotatable bonds is 3. The average molecular weight is 518 g/mol. The lowest BCUT2D eigenvalue weighted by molar-refractivity contribution is 0.667. The summed E-state index contributed by atoms with van der Waals surface area (Å²) in [5, 5.41) is 5.51. The lowest BCUT2D eigenvalue weighted by atomic mass is 9.79. The maximum Gasteiger partial charge on any atom is 0.0465 e. The Kier molecular flexibility index (Phi) is 4.80. The summed E-state index contributed by atoms with van der Waals surface area (Å²) in [4.78, 5) is 2.37. The largest absolute Gasteiger partial charge is 0.310 e. The molecule has 0 spiro atoms. The van der Waals surface area contributed by atoms with Crippen molar-refractivity contribution in [1.29, 1.82) is 0 Å². The number of nitrogens with zero attached hydrogens (tertiary/aromatic N) is 1. The molecule has 0 atom stereocenters. The van der Waals surface area contributed by atoms with Crippen LogP contribution in [-0.2, 0) is 5.41 Å². The van der Waals surface area contributed by atoms with Crippen LogP contribution in [0.4, 0.5) is 17.1 Å². The monoisotopic (exact) mass is 517 g/mol. The van der Waals surface area contributed by atoms with E-state index in [-0.39, 0.29) is 5.41 Å². The van der Waals surface area contributed by atoms with Gasteiger partial charge in [0.1, 0.15) is 0 Å². The van der Waals surface area contributed by atoms with Crippen molar-refractivity contribution in [2.45, 2.75) is 19.3 Å². The first-order valence-electron chi connectivity index (χ1n) is 13.5. The van der Waals surface area contributed by atoms with Gasteiger partial charge in [0.2, 0.25) is 0 Å². The van der Waals surface area contributed by atoms with E-state index in [1.807, 2.05) is 11.3 Å². The van der Waals surface area contributed by atoms with Crippen LogP contribution in [0, 0.1) is 0 Å². The Hall–Kier alpha value is -4.40. The molecule has 2 heteroatoms. The molecule has 1 nitrogen and oxygen atoms in total. The van der Waals surface area contributed by atoms with Gasteiger partial charge < -0.3 is 4.90 Å². The number of hydrogen-bond acceptors (Lipinski definition) is 2. The van der Waals surface area contributed by atoms with Gasteiger partial charge >= 0.3 is 0 Å². The Balaban J connectivity index is 1.44. The van der Waals surface area contributed by atoms with Crippen molar-refractivity contribution >= 4 is 59.3 Å². The van der Waals surface area contributed by atoms with E-state index < -0.39 is 0 Å². The summed E-state index contributed by atoms with van der Waals surface area (Å²) >= 11 is 1.93. The van der Waals surface area contributed by atoms with Crippen LogP contribution in [0.2, 0.25) is 0 Å². The molecule has 0 amide bonds. The molecule has 0 aliphatic heterocycles. The van der Waals surface area contributed by atoms with Gasteiger partial charge in [-0.25, -0.2) is 0 Å². The van der Waals surface area contributed by atoms with Crippen molar-refractivity contribution in [2.75, 3.05) is 4.90 Å². The van der Waals surface area contributed by atoms with Crippen LogP contribution in [-0.4, -0.2) is 0 Å². The molecule has 0 bridgehead atoms. The summed E-state index contributed by atoms with van der Waals surface area (Å²) < 4.78 is 2.76. The fourth-order valence-corrected chi connectivity index (χ4v) is 7.94. The Labute approximate surface area is 232 Å². The summed E-state index contributed by atoms with van der Waals surface area (Å²) in [6.45, 7) is 4.83. The zero-order valence-electron chi connectivity index (χ0n) is 22.0. The van der Waals surface area contributed by atoms with Gasteiger partial charge in [0.25, 0.3) is 0 Å². The molecule has 0 radical (unpaired) electrons. The van der Waals surface area contributed by atoms with Crippen LogP contribution in [0.1, 0.15) is 25.0 Å². The molecule has 8 rings (SSSR count). The van der Waals surface area contributed by atoms with E-state index in [1.54, 1.807) is 0 Å². The van der Waals surface area contributed by atoms with Gasteiger partial charge in [-0.1, -0.05) is 98.8 Å². The quantitative estimate of drug-likeness (QED) is 0.225. The van der Waals surface area contributed by atoms with Crippen LogP contribution >= 0.6 is 11.3 Å². The molecule has 1 heterocycles. The van der Waals surface area contributed by atoms with E-state index in [9.17, 15) is 0 Å². The standard InChI is InChI=1S/C37H27NS/c1-37(2)31-23-26(38(24-13-5-3-6-14-24)25-15-7-4-8-16-25)21-22-29(31)33-27-17-9-10-18-28(27)36-34(35(33)37)30-19-11-12-20-32(30)39-36/h3-23H,1-2H3. The minimum absolute atomic E-state index is 0.147. The van der Waals surface area contributed by atoms with E-state index in [4.69, 9.17) is 0 Å². The van der Waals surface area contributed by atoms with Crippen LogP contribution in [0.3, 0.4) is 0 Å². The van der Waals surface area contributed by atoms with Gasteiger partial charge in [0, 0.05) is 48.0 Å². The van der Waals surface area contributed by atoms with Crippen molar-refractivity contribution in [1.82, 2.24) is 0 Å².